The third-order valence-corrected chi connectivity index (χ3v) is 8.95. The lowest BCUT2D eigenvalue weighted by Gasteiger charge is -2.42. The average molecular weight is 472 g/mol. The Balaban J connectivity index is 1.45. The predicted molar refractivity (Wildman–Crippen MR) is 115 cm³/mol. The third kappa shape index (κ3) is 3.90. The van der Waals surface area contributed by atoms with Crippen LogP contribution in [0.5, 0.6) is 5.75 Å². The van der Waals surface area contributed by atoms with Crippen molar-refractivity contribution in [1.82, 2.24) is 9.21 Å². The van der Waals surface area contributed by atoms with Crippen molar-refractivity contribution in [3.05, 3.63) is 40.7 Å². The van der Waals surface area contributed by atoms with Gasteiger partial charge in [0.25, 0.3) is 10.0 Å². The molecule has 2 aliphatic rings. The van der Waals surface area contributed by atoms with Gasteiger partial charge in [-0.1, -0.05) is 17.7 Å². The van der Waals surface area contributed by atoms with Crippen molar-refractivity contribution in [3.8, 4) is 5.75 Å². The van der Waals surface area contributed by atoms with E-state index in [-0.39, 0.29) is 6.03 Å². The van der Waals surface area contributed by atoms with E-state index >= 15 is 0 Å². The first-order chi connectivity index (χ1) is 14.4. The summed E-state index contributed by atoms with van der Waals surface area (Å²) in [7, 11) is -2.11. The van der Waals surface area contributed by atoms with Crippen LogP contribution < -0.4 is 10.1 Å². The van der Waals surface area contributed by atoms with E-state index < -0.39 is 15.7 Å². The molecule has 4 rings (SSSR count). The summed E-state index contributed by atoms with van der Waals surface area (Å²) in [5.74, 6) is 0.508. The Morgan fingerprint density at radius 2 is 2.03 bits per heavy atom. The number of ether oxygens (including phenoxy) is 2. The number of halogens is 1. The number of likely N-dealkylation sites (tertiary alicyclic amines) is 1. The summed E-state index contributed by atoms with van der Waals surface area (Å²) >= 11 is 7.22. The zero-order chi connectivity index (χ0) is 21.4. The molecule has 0 unspecified atom stereocenters. The number of carbonyl (C=O) groups excluding carboxylic acids is 1. The Bertz CT molecular complexity index is 1020. The van der Waals surface area contributed by atoms with E-state index in [1.54, 1.807) is 40.6 Å². The molecule has 30 heavy (non-hydrogen) atoms. The number of nitrogens with one attached hydrogen (secondary N) is 1. The summed E-state index contributed by atoms with van der Waals surface area (Å²) < 4.78 is 39.1. The summed E-state index contributed by atoms with van der Waals surface area (Å²) in [6.07, 6.45) is 0.801. The molecule has 162 valence electrons. The molecule has 2 aromatic rings. The molecule has 1 aromatic carbocycles. The molecule has 1 aromatic heterocycles. The summed E-state index contributed by atoms with van der Waals surface area (Å²) in [6.45, 7) is 1.39. The largest absolute Gasteiger partial charge is 0.495 e. The van der Waals surface area contributed by atoms with Crippen molar-refractivity contribution in [3.63, 3.8) is 0 Å². The smallest absolute Gasteiger partial charge is 0.321 e. The number of amides is 2. The number of thiophene rings is 1. The highest BCUT2D eigenvalue weighted by molar-refractivity contribution is 7.91. The fourth-order valence-corrected chi connectivity index (χ4v) is 6.88. The molecule has 1 N–H and O–H groups in total. The lowest BCUT2D eigenvalue weighted by molar-refractivity contribution is -0.0839. The van der Waals surface area contributed by atoms with Crippen molar-refractivity contribution in [2.24, 2.45) is 0 Å². The van der Waals surface area contributed by atoms with Crippen LogP contribution in [0, 0.1) is 0 Å². The Hall–Kier alpha value is -1.85. The molecule has 2 aliphatic heterocycles. The maximum absolute atomic E-state index is 13.1. The molecule has 11 heteroatoms. The van der Waals surface area contributed by atoms with E-state index in [0.29, 0.717) is 59.8 Å². The van der Waals surface area contributed by atoms with Gasteiger partial charge < -0.3 is 19.7 Å². The van der Waals surface area contributed by atoms with Gasteiger partial charge in [-0.15, -0.1) is 11.3 Å². The average Bonchev–Trinajstić information content (AvgIpc) is 3.40. The van der Waals surface area contributed by atoms with Gasteiger partial charge in [0.1, 0.15) is 15.7 Å². The highest BCUT2D eigenvalue weighted by Gasteiger charge is 2.51. The van der Waals surface area contributed by atoms with Crippen LogP contribution in [0.25, 0.3) is 0 Å². The van der Waals surface area contributed by atoms with Crippen LogP contribution in [0.3, 0.4) is 0 Å². The summed E-state index contributed by atoms with van der Waals surface area (Å²) in [5, 5.41) is 5.05. The number of carbonyl (C=O) groups is 1. The minimum Gasteiger partial charge on any atom is -0.495 e. The van der Waals surface area contributed by atoms with Gasteiger partial charge in [0, 0.05) is 37.5 Å². The van der Waals surface area contributed by atoms with Gasteiger partial charge in [-0.05, 0) is 29.6 Å². The number of benzene rings is 1. The first-order valence-corrected chi connectivity index (χ1v) is 12.2. The van der Waals surface area contributed by atoms with Crippen molar-refractivity contribution < 1.29 is 22.7 Å². The molecular weight excluding hydrogens is 450 g/mol. The molecule has 0 radical (unpaired) electrons. The second kappa shape index (κ2) is 8.35. The van der Waals surface area contributed by atoms with Crippen LogP contribution in [0.1, 0.15) is 12.8 Å². The van der Waals surface area contributed by atoms with Crippen molar-refractivity contribution in [1.29, 1.82) is 0 Å². The zero-order valence-electron chi connectivity index (χ0n) is 16.3. The van der Waals surface area contributed by atoms with E-state index in [4.69, 9.17) is 21.1 Å². The van der Waals surface area contributed by atoms with E-state index in [1.165, 1.54) is 22.8 Å². The first kappa shape index (κ1) is 21.4. The second-order valence-electron chi connectivity index (χ2n) is 7.07. The van der Waals surface area contributed by atoms with Crippen LogP contribution in [-0.4, -0.2) is 62.7 Å². The molecule has 0 bridgehead atoms. The minimum atomic E-state index is -3.63. The van der Waals surface area contributed by atoms with Crippen LogP contribution in [0.2, 0.25) is 5.02 Å². The van der Waals surface area contributed by atoms with Crippen molar-refractivity contribution in [2.45, 2.75) is 22.8 Å². The molecule has 8 nitrogen and oxygen atoms in total. The maximum atomic E-state index is 13.1. The number of hydrogen-bond donors (Lipinski definition) is 1. The SMILES string of the molecule is COc1ccc(Cl)cc1NC(=O)N1CCC2(CC1)OCCN2S(=O)(=O)c1cccs1. The van der Waals surface area contributed by atoms with E-state index in [9.17, 15) is 13.2 Å². The van der Waals surface area contributed by atoms with E-state index in [1.807, 2.05) is 0 Å². The van der Waals surface area contributed by atoms with Crippen molar-refractivity contribution >= 4 is 44.7 Å². The first-order valence-electron chi connectivity index (χ1n) is 9.45. The number of piperidine rings is 1. The lowest BCUT2D eigenvalue weighted by atomic mass is 10.0. The normalized spacial score (nSPS) is 19.2. The number of rotatable bonds is 4. The Morgan fingerprint density at radius 3 is 2.70 bits per heavy atom. The van der Waals surface area contributed by atoms with Gasteiger partial charge in [0.2, 0.25) is 0 Å². The molecule has 1 spiro atoms. The number of sulfonamides is 1. The van der Waals surface area contributed by atoms with Crippen molar-refractivity contribution in [2.75, 3.05) is 38.7 Å². The van der Waals surface area contributed by atoms with Gasteiger partial charge in [-0.2, -0.15) is 4.31 Å². The van der Waals surface area contributed by atoms with Gasteiger partial charge in [0.15, 0.2) is 0 Å². The van der Waals surface area contributed by atoms with Crippen LogP contribution >= 0.6 is 22.9 Å². The third-order valence-electron chi connectivity index (χ3n) is 5.39. The molecule has 0 saturated carbocycles. The summed E-state index contributed by atoms with van der Waals surface area (Å²) in [6, 6.07) is 8.02. The quantitative estimate of drug-likeness (QED) is 0.737. The molecule has 0 atom stereocenters. The van der Waals surface area contributed by atoms with Gasteiger partial charge in [0.05, 0.1) is 19.4 Å². The summed E-state index contributed by atoms with van der Waals surface area (Å²) in [4.78, 5) is 14.4. The van der Waals surface area contributed by atoms with Crippen LogP contribution in [-0.2, 0) is 14.8 Å². The predicted octanol–water partition coefficient (Wildman–Crippen LogP) is 3.46. The number of urea groups is 1. The number of anilines is 1. The van der Waals surface area contributed by atoms with Crippen LogP contribution in [0.4, 0.5) is 10.5 Å². The molecule has 2 fully saturated rings. The zero-order valence-corrected chi connectivity index (χ0v) is 18.7. The Morgan fingerprint density at radius 1 is 1.27 bits per heavy atom. The fraction of sp³-hybridized carbons (Fsp3) is 0.421. The van der Waals surface area contributed by atoms with E-state index in [0.717, 1.165) is 0 Å². The van der Waals surface area contributed by atoms with Gasteiger partial charge in [-0.3, -0.25) is 0 Å². The number of hydrogen-bond acceptors (Lipinski definition) is 6. The monoisotopic (exact) mass is 471 g/mol. The highest BCUT2D eigenvalue weighted by Crippen LogP contribution is 2.39. The van der Waals surface area contributed by atoms with E-state index in [2.05, 4.69) is 5.32 Å². The molecular formula is C19H22ClN3O5S2. The molecule has 3 heterocycles. The maximum Gasteiger partial charge on any atom is 0.321 e. The molecule has 2 saturated heterocycles. The standard InChI is InChI=1S/C19H22ClN3O5S2/c1-27-16-5-4-14(20)13-15(16)21-18(24)22-8-6-19(7-9-22)23(10-11-28-19)30(25,26)17-3-2-12-29-17/h2-5,12-13H,6-11H2,1H3,(H,21,24). The number of nitrogens with zero attached hydrogens (tertiary/aromatic N) is 2. The lowest BCUT2D eigenvalue weighted by Crippen LogP contribution is -2.56. The van der Waals surface area contributed by atoms with Gasteiger partial charge >= 0.3 is 6.03 Å². The fourth-order valence-electron chi connectivity index (χ4n) is 3.88. The van der Waals surface area contributed by atoms with Crippen LogP contribution in [0.15, 0.2) is 39.9 Å². The minimum absolute atomic E-state index is 0.295. The topological polar surface area (TPSA) is 88.2 Å². The molecule has 0 aliphatic carbocycles. The second-order valence-corrected chi connectivity index (χ2v) is 10.5. The Labute approximate surface area is 184 Å². The molecule has 2 amide bonds. The number of methoxy groups -OCH3 is 1. The summed E-state index contributed by atoms with van der Waals surface area (Å²) in [5.41, 5.74) is -0.429. The Kier molecular flexibility index (Phi) is 5.95. The van der Waals surface area contributed by atoms with Gasteiger partial charge in [-0.25, -0.2) is 13.2 Å². The highest BCUT2D eigenvalue weighted by atomic mass is 35.5.